The third-order valence-electron chi connectivity index (χ3n) is 4.55. The van der Waals surface area contributed by atoms with E-state index in [1.807, 2.05) is 63.2 Å². The minimum atomic E-state index is -0.829. The number of anilines is 1. The zero-order valence-electron chi connectivity index (χ0n) is 15.7. The van der Waals surface area contributed by atoms with Gasteiger partial charge in [-0.1, -0.05) is 37.3 Å². The Morgan fingerprint density at radius 1 is 1.12 bits per heavy atom. The number of nitrogens with one attached hydrogen (secondary N) is 1. The normalized spacial score (nSPS) is 13.2. The number of benzene rings is 2. The number of hydrogen-bond donors (Lipinski definition) is 1. The van der Waals surface area contributed by atoms with Crippen LogP contribution in [-0.2, 0) is 16.1 Å². The average Bonchev–Trinajstić information content (AvgIpc) is 2.61. The van der Waals surface area contributed by atoms with E-state index >= 15 is 0 Å². The SMILES string of the molecule is CC[C@](C)(OC)C(=O)Nc1cc(C)c(OCc2ccccc2)c(C)c1. The molecule has 0 aliphatic carbocycles. The number of amides is 1. The first-order chi connectivity index (χ1) is 11.9. The number of hydrogen-bond acceptors (Lipinski definition) is 3. The molecule has 2 aromatic carbocycles. The quantitative estimate of drug-likeness (QED) is 0.798. The van der Waals surface area contributed by atoms with E-state index in [0.29, 0.717) is 13.0 Å². The van der Waals surface area contributed by atoms with E-state index in [2.05, 4.69) is 5.32 Å². The lowest BCUT2D eigenvalue weighted by molar-refractivity contribution is -0.136. The molecule has 0 radical (unpaired) electrons. The van der Waals surface area contributed by atoms with Crippen molar-refractivity contribution in [1.82, 2.24) is 0 Å². The molecular formula is C21H27NO3. The lowest BCUT2D eigenvalue weighted by Crippen LogP contribution is -2.41. The summed E-state index contributed by atoms with van der Waals surface area (Å²) in [7, 11) is 1.56. The summed E-state index contributed by atoms with van der Waals surface area (Å²) in [6.45, 7) is 8.21. The summed E-state index contributed by atoms with van der Waals surface area (Å²) < 4.78 is 11.3. The summed E-state index contributed by atoms with van der Waals surface area (Å²) in [6.07, 6.45) is 0.603. The van der Waals surface area contributed by atoms with Crippen LogP contribution in [0.3, 0.4) is 0 Å². The van der Waals surface area contributed by atoms with Crippen LogP contribution >= 0.6 is 0 Å². The third kappa shape index (κ3) is 4.60. The molecule has 1 amide bonds. The van der Waals surface area contributed by atoms with Crippen LogP contribution in [0.1, 0.15) is 37.0 Å². The maximum Gasteiger partial charge on any atom is 0.256 e. The molecule has 0 aliphatic heterocycles. The van der Waals surface area contributed by atoms with E-state index < -0.39 is 5.60 Å². The van der Waals surface area contributed by atoms with Crippen LogP contribution in [0.5, 0.6) is 5.75 Å². The fourth-order valence-corrected chi connectivity index (χ4v) is 2.64. The summed E-state index contributed by atoms with van der Waals surface area (Å²) in [5.74, 6) is 0.709. The van der Waals surface area contributed by atoms with Crippen molar-refractivity contribution in [2.45, 2.75) is 46.3 Å². The molecule has 1 atom stereocenters. The zero-order valence-corrected chi connectivity index (χ0v) is 15.7. The predicted molar refractivity (Wildman–Crippen MR) is 101 cm³/mol. The summed E-state index contributed by atoms with van der Waals surface area (Å²) >= 11 is 0. The maximum absolute atomic E-state index is 12.4. The van der Waals surface area contributed by atoms with Crippen LogP contribution in [0.2, 0.25) is 0 Å². The lowest BCUT2D eigenvalue weighted by atomic mass is 10.0. The molecule has 0 saturated heterocycles. The van der Waals surface area contributed by atoms with E-state index in [0.717, 1.165) is 28.1 Å². The molecule has 0 spiro atoms. The maximum atomic E-state index is 12.4. The molecule has 0 aromatic heterocycles. The second-order valence-electron chi connectivity index (χ2n) is 6.46. The zero-order chi connectivity index (χ0) is 18.4. The largest absolute Gasteiger partial charge is 0.488 e. The molecule has 0 unspecified atom stereocenters. The van der Waals surface area contributed by atoms with Crippen molar-refractivity contribution in [2.24, 2.45) is 0 Å². The first-order valence-corrected chi connectivity index (χ1v) is 8.54. The average molecular weight is 341 g/mol. The Hall–Kier alpha value is -2.33. The van der Waals surface area contributed by atoms with Crippen molar-refractivity contribution in [3.63, 3.8) is 0 Å². The molecule has 4 nitrogen and oxygen atoms in total. The topological polar surface area (TPSA) is 47.6 Å². The van der Waals surface area contributed by atoms with Crippen LogP contribution in [0.15, 0.2) is 42.5 Å². The van der Waals surface area contributed by atoms with E-state index in [1.54, 1.807) is 14.0 Å². The summed E-state index contributed by atoms with van der Waals surface area (Å²) in [4.78, 5) is 12.4. The van der Waals surface area contributed by atoms with Crippen LogP contribution in [0, 0.1) is 13.8 Å². The van der Waals surface area contributed by atoms with E-state index in [4.69, 9.17) is 9.47 Å². The Balaban J connectivity index is 2.13. The molecule has 2 rings (SSSR count). The molecule has 2 aromatic rings. The molecule has 0 fully saturated rings. The first kappa shape index (κ1) is 19.0. The van der Waals surface area contributed by atoms with Gasteiger partial charge in [-0.2, -0.15) is 0 Å². The van der Waals surface area contributed by atoms with Gasteiger partial charge in [-0.05, 0) is 56.0 Å². The van der Waals surface area contributed by atoms with Gasteiger partial charge in [0.2, 0.25) is 0 Å². The summed E-state index contributed by atoms with van der Waals surface area (Å²) in [5, 5.41) is 2.95. The number of aryl methyl sites for hydroxylation is 2. The fraction of sp³-hybridized carbons (Fsp3) is 0.381. The van der Waals surface area contributed by atoms with Crippen LogP contribution in [0.4, 0.5) is 5.69 Å². The molecule has 4 heteroatoms. The van der Waals surface area contributed by atoms with Gasteiger partial charge in [0.1, 0.15) is 18.0 Å². The highest BCUT2D eigenvalue weighted by Crippen LogP contribution is 2.29. The van der Waals surface area contributed by atoms with Gasteiger partial charge in [0.05, 0.1) is 0 Å². The van der Waals surface area contributed by atoms with Crippen molar-refractivity contribution in [3.8, 4) is 5.75 Å². The van der Waals surface area contributed by atoms with Gasteiger partial charge in [0.15, 0.2) is 0 Å². The Morgan fingerprint density at radius 2 is 1.72 bits per heavy atom. The van der Waals surface area contributed by atoms with Gasteiger partial charge in [-0.25, -0.2) is 0 Å². The van der Waals surface area contributed by atoms with Crippen molar-refractivity contribution >= 4 is 11.6 Å². The Bertz CT molecular complexity index is 698. The molecule has 25 heavy (non-hydrogen) atoms. The highest BCUT2D eigenvalue weighted by molar-refractivity contribution is 5.97. The Labute approximate surface area is 150 Å². The number of carbonyl (C=O) groups is 1. The van der Waals surface area contributed by atoms with Gasteiger partial charge >= 0.3 is 0 Å². The third-order valence-corrected chi connectivity index (χ3v) is 4.55. The number of rotatable bonds is 7. The van der Waals surface area contributed by atoms with Gasteiger partial charge < -0.3 is 14.8 Å². The van der Waals surface area contributed by atoms with Crippen molar-refractivity contribution in [2.75, 3.05) is 12.4 Å². The van der Waals surface area contributed by atoms with Crippen LogP contribution in [0.25, 0.3) is 0 Å². The lowest BCUT2D eigenvalue weighted by Gasteiger charge is -2.25. The number of methoxy groups -OCH3 is 1. The molecule has 0 aliphatic rings. The molecular weight excluding hydrogens is 314 g/mol. The number of ether oxygens (including phenoxy) is 2. The highest BCUT2D eigenvalue weighted by Gasteiger charge is 2.31. The first-order valence-electron chi connectivity index (χ1n) is 8.54. The van der Waals surface area contributed by atoms with Crippen LogP contribution < -0.4 is 10.1 Å². The molecule has 0 heterocycles. The van der Waals surface area contributed by atoms with Gasteiger partial charge in [0.25, 0.3) is 5.91 Å². The highest BCUT2D eigenvalue weighted by atomic mass is 16.5. The van der Waals surface area contributed by atoms with Gasteiger partial charge in [-0.3, -0.25) is 4.79 Å². The van der Waals surface area contributed by atoms with E-state index in [1.165, 1.54) is 0 Å². The minimum Gasteiger partial charge on any atom is -0.488 e. The van der Waals surface area contributed by atoms with Crippen molar-refractivity contribution < 1.29 is 14.3 Å². The van der Waals surface area contributed by atoms with Crippen molar-refractivity contribution in [3.05, 3.63) is 59.2 Å². The van der Waals surface area contributed by atoms with Gasteiger partial charge in [-0.15, -0.1) is 0 Å². The minimum absolute atomic E-state index is 0.144. The standard InChI is InChI=1S/C21H27NO3/c1-6-21(4,24-5)20(23)22-18-12-15(2)19(16(3)13-18)25-14-17-10-8-7-9-11-17/h7-13H,6,14H2,1-5H3,(H,22,23)/t21-/m0/s1. The number of carbonyl (C=O) groups excluding carboxylic acids is 1. The van der Waals surface area contributed by atoms with Gasteiger partial charge in [0, 0.05) is 12.8 Å². The van der Waals surface area contributed by atoms with Crippen molar-refractivity contribution in [1.29, 1.82) is 0 Å². The summed E-state index contributed by atoms with van der Waals surface area (Å²) in [5.41, 5.74) is 3.02. The van der Waals surface area contributed by atoms with E-state index in [9.17, 15) is 4.79 Å². The fourth-order valence-electron chi connectivity index (χ4n) is 2.64. The van der Waals surface area contributed by atoms with E-state index in [-0.39, 0.29) is 5.91 Å². The molecule has 0 saturated carbocycles. The summed E-state index contributed by atoms with van der Waals surface area (Å²) in [6, 6.07) is 13.9. The van der Waals surface area contributed by atoms with Crippen LogP contribution in [-0.4, -0.2) is 18.6 Å². The second kappa shape index (κ2) is 8.17. The second-order valence-corrected chi connectivity index (χ2v) is 6.46. The smallest absolute Gasteiger partial charge is 0.256 e. The predicted octanol–water partition coefficient (Wildman–Crippen LogP) is 4.64. The molecule has 1 N–H and O–H groups in total. The monoisotopic (exact) mass is 341 g/mol. The Morgan fingerprint density at radius 3 is 2.24 bits per heavy atom. The Kier molecular flexibility index (Phi) is 6.21. The molecule has 0 bridgehead atoms. The molecule has 134 valence electrons.